The molecule has 0 aromatic heterocycles. The Morgan fingerprint density at radius 3 is 1.00 bits per heavy atom. The van der Waals surface area contributed by atoms with Gasteiger partial charge < -0.3 is 0 Å². The molecule has 0 aromatic carbocycles. The van der Waals surface area contributed by atoms with E-state index in [9.17, 15) is 0 Å². The predicted molar refractivity (Wildman–Crippen MR) is 14.3 cm³/mol. The van der Waals surface area contributed by atoms with Crippen molar-refractivity contribution < 1.29 is 52.0 Å². The van der Waals surface area contributed by atoms with Crippen molar-refractivity contribution in [1.29, 1.82) is 0 Å². The summed E-state index contributed by atoms with van der Waals surface area (Å²) in [6, 6.07) is 0. The minimum absolute atomic E-state index is 0. The zero-order valence-corrected chi connectivity index (χ0v) is 7.07. The summed E-state index contributed by atoms with van der Waals surface area (Å²) in [5, 5.41) is 0. The van der Waals surface area contributed by atoms with E-state index in [1.165, 1.54) is 0 Å². The Morgan fingerprint density at radius 1 is 1.00 bits per heavy atom. The summed E-state index contributed by atoms with van der Waals surface area (Å²) in [4.78, 5) is 0. The van der Waals surface area contributed by atoms with Crippen LogP contribution in [0.5, 0.6) is 0 Å². The second-order valence-corrected chi connectivity index (χ2v) is 0. The standard InChI is InChI=1S/Al.Mg.Sc.Zr.2H. The minimum Gasteiger partial charge on any atom is 0 e. The molecule has 0 saturated carbocycles. The Kier molecular flexibility index (Phi) is 115. The van der Waals surface area contributed by atoms with Gasteiger partial charge in [-0.25, -0.2) is 0 Å². The van der Waals surface area contributed by atoms with E-state index in [0.29, 0.717) is 0 Å². The van der Waals surface area contributed by atoms with Gasteiger partial charge in [-0.15, -0.1) is 0 Å². The summed E-state index contributed by atoms with van der Waals surface area (Å²) < 4.78 is 0. The van der Waals surface area contributed by atoms with Crippen molar-refractivity contribution >= 4 is 40.4 Å². The summed E-state index contributed by atoms with van der Waals surface area (Å²) in [6.45, 7) is 0. The first-order valence-corrected chi connectivity index (χ1v) is 0. The van der Waals surface area contributed by atoms with Crippen molar-refractivity contribution in [1.82, 2.24) is 0 Å². The van der Waals surface area contributed by atoms with E-state index in [0.717, 1.165) is 0 Å². The molecule has 4 heteroatoms. The van der Waals surface area contributed by atoms with Crippen molar-refractivity contribution in [2.24, 2.45) is 0 Å². The van der Waals surface area contributed by atoms with E-state index >= 15 is 0 Å². The van der Waals surface area contributed by atoms with Crippen molar-refractivity contribution in [2.45, 2.75) is 0 Å². The smallest absolute Gasteiger partial charge is 0 e. The molecular weight excluding hydrogens is 187 g/mol. The molecule has 4 heavy (non-hydrogen) atoms. The van der Waals surface area contributed by atoms with Crippen LogP contribution >= 0.6 is 0 Å². The molecule has 4 radical (unpaired) electrons. The van der Waals surface area contributed by atoms with Gasteiger partial charge in [0.15, 0.2) is 0 Å². The van der Waals surface area contributed by atoms with Gasteiger partial charge in [0.05, 0.1) is 0 Å². The van der Waals surface area contributed by atoms with Gasteiger partial charge in [-0.1, -0.05) is 0 Å². The molecule has 0 saturated heterocycles. The Hall–Kier alpha value is 3.05. The van der Waals surface area contributed by atoms with E-state index in [-0.39, 0.29) is 92.5 Å². The Bertz CT molecular complexity index is 8.00. The van der Waals surface area contributed by atoms with Gasteiger partial charge in [-0.2, -0.15) is 0 Å². The second kappa shape index (κ2) is 16.6. The van der Waals surface area contributed by atoms with Crippen LogP contribution in [0, 0.1) is 0 Å². The van der Waals surface area contributed by atoms with Gasteiger partial charge in [-0.3, -0.25) is 0 Å². The van der Waals surface area contributed by atoms with E-state index in [1.54, 1.807) is 0 Å². The third-order valence-corrected chi connectivity index (χ3v) is 0. The summed E-state index contributed by atoms with van der Waals surface area (Å²) in [6.07, 6.45) is 0. The van der Waals surface area contributed by atoms with Crippen molar-refractivity contribution in [3.8, 4) is 0 Å². The molecule has 0 aliphatic heterocycles. The molecule has 0 atom stereocenters. The molecule has 0 amide bonds. The third kappa shape index (κ3) is 8.90. The zero-order valence-electron chi connectivity index (χ0n) is 1.65. The van der Waals surface area contributed by atoms with Crippen LogP contribution < -0.4 is 0 Å². The fourth-order valence-corrected chi connectivity index (χ4v) is 0. The quantitative estimate of drug-likeness (QED) is 0.416. The Balaban J connectivity index is 0. The van der Waals surface area contributed by atoms with Crippen LogP contribution in [0.1, 0.15) is 0 Å². The average molecular weight is 189 g/mol. The van der Waals surface area contributed by atoms with Crippen LogP contribution in [0.25, 0.3) is 0 Å². The van der Waals surface area contributed by atoms with Gasteiger partial charge in [0.25, 0.3) is 0 Å². The molecule has 0 rings (SSSR count). The van der Waals surface area contributed by atoms with Crippen LogP contribution in [0.2, 0.25) is 0 Å². The van der Waals surface area contributed by atoms with Crippen LogP contribution in [-0.4, -0.2) is 40.4 Å². The molecule has 0 fully saturated rings. The topological polar surface area (TPSA) is 0 Å². The van der Waals surface area contributed by atoms with Crippen molar-refractivity contribution in [3.63, 3.8) is 0 Å². The molecule has 0 nitrogen and oxygen atoms in total. The summed E-state index contributed by atoms with van der Waals surface area (Å²) >= 11 is 0. The Labute approximate surface area is 90.7 Å². The number of rotatable bonds is 0. The first-order valence-electron chi connectivity index (χ1n) is 0. The third-order valence-electron chi connectivity index (χ3n) is 0. The molecule has 0 N–H and O–H groups in total. The maximum absolute atomic E-state index is 0. The molecule has 0 aliphatic rings. The van der Waals surface area contributed by atoms with Gasteiger partial charge in [-0.05, 0) is 0 Å². The largest absolute Gasteiger partial charge is 0.316 e. The number of hydrogen-bond acceptors (Lipinski definition) is 0. The van der Waals surface area contributed by atoms with E-state index in [1.807, 2.05) is 0 Å². The SMILES string of the molecule is [Al].[MgH2].[Sc].[Zr]. The van der Waals surface area contributed by atoms with Crippen LogP contribution in [0.4, 0.5) is 0 Å². The minimum atomic E-state index is 0. The zero-order chi connectivity index (χ0) is 0. The first-order chi connectivity index (χ1) is 0. The van der Waals surface area contributed by atoms with Gasteiger partial charge in [0.1, 0.15) is 0 Å². The van der Waals surface area contributed by atoms with Crippen molar-refractivity contribution in [2.75, 3.05) is 0 Å². The van der Waals surface area contributed by atoms with E-state index < -0.39 is 0 Å². The van der Waals surface area contributed by atoms with Crippen LogP contribution in [0.15, 0.2) is 0 Å². The molecular formula is H2AlMgScZr. The van der Waals surface area contributed by atoms with E-state index in [4.69, 9.17) is 0 Å². The van der Waals surface area contributed by atoms with Crippen LogP contribution in [0.3, 0.4) is 0 Å². The molecule has 0 bridgehead atoms. The summed E-state index contributed by atoms with van der Waals surface area (Å²) in [5.41, 5.74) is 0. The summed E-state index contributed by atoms with van der Waals surface area (Å²) in [5.74, 6) is 0. The maximum atomic E-state index is 0. The normalized spacial score (nSPS) is 0. The molecule has 0 unspecified atom stereocenters. The predicted octanol–water partition coefficient (Wildman–Crippen LogP) is -1.30. The van der Waals surface area contributed by atoms with Crippen LogP contribution in [-0.2, 0) is 52.0 Å². The monoisotopic (exact) mass is 188 g/mol. The maximum Gasteiger partial charge on any atom is 0.316 e. The second-order valence-electron chi connectivity index (χ2n) is 0. The summed E-state index contributed by atoms with van der Waals surface area (Å²) in [7, 11) is 0. The van der Waals surface area contributed by atoms with Gasteiger partial charge >= 0.3 is 23.1 Å². The van der Waals surface area contributed by atoms with Gasteiger partial charge in [0.2, 0.25) is 0 Å². The fraction of sp³-hybridized carbons (Fsp3) is 0. The number of hydrogen-bond donors (Lipinski definition) is 0. The molecule has 0 heterocycles. The first kappa shape index (κ1) is 27.7. The van der Waals surface area contributed by atoms with Crippen molar-refractivity contribution in [3.05, 3.63) is 0 Å². The molecule has 14 valence electrons. The Morgan fingerprint density at radius 2 is 1.00 bits per heavy atom. The molecule has 0 aliphatic carbocycles. The fourth-order valence-electron chi connectivity index (χ4n) is 0. The van der Waals surface area contributed by atoms with E-state index in [2.05, 4.69) is 0 Å². The molecule has 0 aromatic rings. The van der Waals surface area contributed by atoms with Gasteiger partial charge in [0, 0.05) is 69.4 Å². The molecule has 0 spiro atoms. The average Bonchev–Trinajstić information content (AvgIpc) is 0.